The molecule has 21 heavy (non-hydrogen) atoms. The van der Waals surface area contributed by atoms with E-state index in [0.29, 0.717) is 0 Å². The fourth-order valence-corrected chi connectivity index (χ4v) is 2.50. The molecule has 0 radical (unpaired) electrons. The van der Waals surface area contributed by atoms with E-state index in [1.54, 1.807) is 0 Å². The van der Waals surface area contributed by atoms with E-state index in [-0.39, 0.29) is 0 Å². The largest absolute Gasteiger partial charge is 0.399 e. The van der Waals surface area contributed by atoms with Crippen LogP contribution in [0.3, 0.4) is 0 Å². The Hall–Kier alpha value is -2.49. The summed E-state index contributed by atoms with van der Waals surface area (Å²) in [5.41, 5.74) is 9.80. The van der Waals surface area contributed by atoms with E-state index in [2.05, 4.69) is 46.1 Å². The fourth-order valence-electron chi connectivity index (χ4n) is 2.50. The Morgan fingerprint density at radius 1 is 1.14 bits per heavy atom. The second kappa shape index (κ2) is 5.87. The third kappa shape index (κ3) is 2.99. The van der Waals surface area contributed by atoms with Crippen LogP contribution < -0.4 is 10.6 Å². The van der Waals surface area contributed by atoms with Gasteiger partial charge in [0.1, 0.15) is 0 Å². The lowest BCUT2D eigenvalue weighted by Crippen LogP contribution is -2.24. The van der Waals surface area contributed by atoms with E-state index in [9.17, 15) is 0 Å². The topological polar surface area (TPSA) is 57.9 Å². The number of hydrogen-bond donors (Lipinski definition) is 2. The monoisotopic (exact) mass is 280 g/mol. The molecule has 3 aromatic rings. The van der Waals surface area contributed by atoms with Gasteiger partial charge in [-0.05, 0) is 30.2 Å². The van der Waals surface area contributed by atoms with Crippen LogP contribution in [-0.2, 0) is 6.54 Å². The van der Waals surface area contributed by atoms with Crippen molar-refractivity contribution in [2.45, 2.75) is 19.9 Å². The highest BCUT2D eigenvalue weighted by Gasteiger charge is 2.11. The molecular formula is C17H20N4. The minimum atomic E-state index is 0.753. The van der Waals surface area contributed by atoms with Crippen molar-refractivity contribution in [1.82, 2.24) is 9.97 Å². The summed E-state index contributed by atoms with van der Waals surface area (Å²) in [6, 6.07) is 16.2. The van der Waals surface area contributed by atoms with Gasteiger partial charge in [0.05, 0.1) is 11.0 Å². The summed E-state index contributed by atoms with van der Waals surface area (Å²) in [5.74, 6) is 0.904. The number of anilines is 2. The summed E-state index contributed by atoms with van der Waals surface area (Å²) < 4.78 is 0. The Bertz CT molecular complexity index is 718. The molecule has 0 spiro atoms. The highest BCUT2D eigenvalue weighted by molar-refractivity contribution is 5.80. The summed E-state index contributed by atoms with van der Waals surface area (Å²) in [5, 5.41) is 0. The van der Waals surface area contributed by atoms with Gasteiger partial charge in [-0.3, -0.25) is 0 Å². The highest BCUT2D eigenvalue weighted by Crippen LogP contribution is 2.21. The van der Waals surface area contributed by atoms with E-state index in [0.717, 1.165) is 42.2 Å². The lowest BCUT2D eigenvalue weighted by atomic mass is 10.2. The minimum absolute atomic E-state index is 0.753. The van der Waals surface area contributed by atoms with Gasteiger partial charge in [0.2, 0.25) is 5.95 Å². The smallest absolute Gasteiger partial charge is 0.204 e. The van der Waals surface area contributed by atoms with E-state index < -0.39 is 0 Å². The van der Waals surface area contributed by atoms with E-state index in [1.165, 1.54) is 5.56 Å². The quantitative estimate of drug-likeness (QED) is 0.702. The van der Waals surface area contributed by atoms with Crippen LogP contribution in [0.25, 0.3) is 11.0 Å². The number of fused-ring (bicyclic) bond motifs is 1. The Labute approximate surface area is 124 Å². The lowest BCUT2D eigenvalue weighted by Gasteiger charge is -2.21. The molecule has 0 aliphatic rings. The number of benzene rings is 2. The summed E-state index contributed by atoms with van der Waals surface area (Å²) in [4.78, 5) is 10.3. The van der Waals surface area contributed by atoms with Crippen molar-refractivity contribution in [3.63, 3.8) is 0 Å². The van der Waals surface area contributed by atoms with Crippen LogP contribution in [-0.4, -0.2) is 16.5 Å². The molecule has 0 saturated heterocycles. The van der Waals surface area contributed by atoms with Crippen LogP contribution in [0.4, 0.5) is 11.6 Å². The molecule has 0 fully saturated rings. The molecule has 4 nitrogen and oxygen atoms in total. The van der Waals surface area contributed by atoms with Gasteiger partial charge in [-0.1, -0.05) is 37.3 Å². The maximum Gasteiger partial charge on any atom is 0.204 e. The summed E-state index contributed by atoms with van der Waals surface area (Å²) in [6.07, 6.45) is 1.08. The van der Waals surface area contributed by atoms with Crippen LogP contribution in [0.2, 0.25) is 0 Å². The zero-order valence-corrected chi connectivity index (χ0v) is 12.2. The number of nitrogens with two attached hydrogens (primary N) is 1. The number of nitrogen functional groups attached to an aromatic ring is 1. The van der Waals surface area contributed by atoms with Gasteiger partial charge < -0.3 is 15.6 Å². The molecule has 1 aromatic heterocycles. The highest BCUT2D eigenvalue weighted by atomic mass is 15.3. The second-order valence-corrected chi connectivity index (χ2v) is 5.24. The number of aromatic nitrogens is 2. The van der Waals surface area contributed by atoms with Crippen molar-refractivity contribution >= 4 is 22.7 Å². The lowest BCUT2D eigenvalue weighted by molar-refractivity contribution is 0.747. The van der Waals surface area contributed by atoms with Crippen LogP contribution in [0.1, 0.15) is 18.9 Å². The Kier molecular flexibility index (Phi) is 3.77. The predicted molar refractivity (Wildman–Crippen MR) is 88.3 cm³/mol. The van der Waals surface area contributed by atoms with E-state index in [1.807, 2.05) is 24.3 Å². The SMILES string of the molecule is CCCN(Cc1ccccc1)c1nc2ccc(N)cc2[nH]1. The molecule has 0 atom stereocenters. The van der Waals surface area contributed by atoms with Crippen molar-refractivity contribution in [2.24, 2.45) is 0 Å². The molecule has 0 unspecified atom stereocenters. The van der Waals surface area contributed by atoms with Crippen molar-refractivity contribution in [1.29, 1.82) is 0 Å². The molecule has 4 heteroatoms. The first kappa shape index (κ1) is 13.5. The molecule has 1 heterocycles. The molecule has 0 saturated carbocycles. The minimum Gasteiger partial charge on any atom is -0.399 e. The van der Waals surface area contributed by atoms with Gasteiger partial charge in [-0.2, -0.15) is 0 Å². The molecule has 108 valence electrons. The standard InChI is InChI=1S/C17H20N4/c1-2-10-21(12-13-6-4-3-5-7-13)17-19-15-9-8-14(18)11-16(15)20-17/h3-9,11H,2,10,12,18H2,1H3,(H,19,20). The second-order valence-electron chi connectivity index (χ2n) is 5.24. The average molecular weight is 280 g/mol. The fraction of sp³-hybridized carbons (Fsp3) is 0.235. The van der Waals surface area contributed by atoms with Crippen molar-refractivity contribution in [2.75, 3.05) is 17.2 Å². The zero-order chi connectivity index (χ0) is 14.7. The van der Waals surface area contributed by atoms with Crippen LogP contribution in [0.5, 0.6) is 0 Å². The molecule has 0 aliphatic carbocycles. The van der Waals surface area contributed by atoms with Gasteiger partial charge in [0, 0.05) is 18.8 Å². The first-order chi connectivity index (χ1) is 10.3. The van der Waals surface area contributed by atoms with Gasteiger partial charge in [-0.25, -0.2) is 4.98 Å². The molecule has 0 amide bonds. The third-order valence-electron chi connectivity index (χ3n) is 3.50. The predicted octanol–water partition coefficient (Wildman–Crippen LogP) is 3.56. The number of H-pyrrole nitrogens is 1. The van der Waals surface area contributed by atoms with Gasteiger partial charge in [0.25, 0.3) is 0 Å². The maximum atomic E-state index is 5.83. The third-order valence-corrected chi connectivity index (χ3v) is 3.50. The molecular weight excluding hydrogens is 260 g/mol. The number of imidazole rings is 1. The van der Waals surface area contributed by atoms with Crippen molar-refractivity contribution in [3.05, 3.63) is 54.1 Å². The summed E-state index contributed by atoms with van der Waals surface area (Å²) in [6.45, 7) is 3.99. The van der Waals surface area contributed by atoms with Crippen LogP contribution in [0.15, 0.2) is 48.5 Å². The summed E-state index contributed by atoms with van der Waals surface area (Å²) >= 11 is 0. The number of rotatable bonds is 5. The molecule has 3 N–H and O–H groups in total. The first-order valence-corrected chi connectivity index (χ1v) is 7.30. The van der Waals surface area contributed by atoms with Gasteiger partial charge in [-0.15, -0.1) is 0 Å². The maximum absolute atomic E-state index is 5.83. The zero-order valence-electron chi connectivity index (χ0n) is 12.2. The number of nitrogens with one attached hydrogen (secondary N) is 1. The first-order valence-electron chi connectivity index (χ1n) is 7.30. The number of nitrogens with zero attached hydrogens (tertiary/aromatic N) is 2. The number of aromatic amines is 1. The number of hydrogen-bond acceptors (Lipinski definition) is 3. The Morgan fingerprint density at radius 3 is 2.71 bits per heavy atom. The van der Waals surface area contributed by atoms with Gasteiger partial charge >= 0.3 is 0 Å². The van der Waals surface area contributed by atoms with E-state index in [4.69, 9.17) is 5.73 Å². The molecule has 0 bridgehead atoms. The summed E-state index contributed by atoms with van der Waals surface area (Å²) in [7, 11) is 0. The molecule has 0 aliphatic heterocycles. The molecule has 2 aromatic carbocycles. The Balaban J connectivity index is 1.91. The van der Waals surface area contributed by atoms with Crippen LogP contribution in [0, 0.1) is 0 Å². The average Bonchev–Trinajstić information content (AvgIpc) is 2.91. The van der Waals surface area contributed by atoms with Crippen molar-refractivity contribution in [3.8, 4) is 0 Å². The van der Waals surface area contributed by atoms with Gasteiger partial charge in [0.15, 0.2) is 0 Å². The van der Waals surface area contributed by atoms with Crippen molar-refractivity contribution < 1.29 is 0 Å². The Morgan fingerprint density at radius 2 is 1.95 bits per heavy atom. The molecule has 3 rings (SSSR count). The normalized spacial score (nSPS) is 10.9. The van der Waals surface area contributed by atoms with E-state index >= 15 is 0 Å². The van der Waals surface area contributed by atoms with Crippen LogP contribution >= 0.6 is 0 Å².